The van der Waals surface area contributed by atoms with Gasteiger partial charge in [-0.2, -0.15) is 0 Å². The number of hydrogen-bond acceptors (Lipinski definition) is 4. The summed E-state index contributed by atoms with van der Waals surface area (Å²) in [6, 6.07) is 4.71. The number of nitrogens with one attached hydrogen (secondary N) is 2. The van der Waals surface area contributed by atoms with Crippen LogP contribution in [0.25, 0.3) is 5.69 Å². The van der Waals surface area contributed by atoms with Gasteiger partial charge in [0.1, 0.15) is 17.8 Å². The number of nitrogens with zero attached hydrogens (tertiary/aromatic N) is 2. The van der Waals surface area contributed by atoms with E-state index in [0.29, 0.717) is 11.6 Å². The number of alkyl halides is 1. The third-order valence-electron chi connectivity index (χ3n) is 6.19. The SMILES string of the molecule is CCCC(CCC)NC1=NC(C)Nc2c1c(C(=O)CCl)c(C)n2-c1c(C)cc(C)cc1C. The Hall–Kier alpha value is -2.27. The minimum atomic E-state index is -0.105. The average Bonchev–Trinajstić information content (AvgIpc) is 2.99. The maximum absolute atomic E-state index is 13.1. The molecule has 1 aromatic carbocycles. The lowest BCUT2D eigenvalue weighted by Crippen LogP contribution is -2.40. The maximum atomic E-state index is 13.1. The Balaban J connectivity index is 2.27. The van der Waals surface area contributed by atoms with Crippen LogP contribution in [0.1, 0.15) is 84.8 Å². The molecule has 2 heterocycles. The minimum absolute atomic E-state index is 0.0562. The van der Waals surface area contributed by atoms with Crippen molar-refractivity contribution in [1.82, 2.24) is 9.88 Å². The lowest BCUT2D eigenvalue weighted by atomic mass is 10.0. The lowest BCUT2D eigenvalue weighted by Gasteiger charge is -2.28. The first-order valence-electron chi connectivity index (χ1n) is 11.8. The van der Waals surface area contributed by atoms with Crippen LogP contribution in [0.15, 0.2) is 17.1 Å². The molecule has 1 aliphatic rings. The fraction of sp³-hybridized carbons (Fsp3) is 0.538. The van der Waals surface area contributed by atoms with Gasteiger partial charge in [-0.1, -0.05) is 44.4 Å². The highest BCUT2D eigenvalue weighted by atomic mass is 35.5. The summed E-state index contributed by atoms with van der Waals surface area (Å²) in [6.45, 7) is 14.8. The summed E-state index contributed by atoms with van der Waals surface area (Å²) in [5, 5.41) is 7.24. The number of fused-ring (bicyclic) bond motifs is 1. The van der Waals surface area contributed by atoms with Crippen LogP contribution in [0.2, 0.25) is 0 Å². The summed E-state index contributed by atoms with van der Waals surface area (Å²) in [5.41, 5.74) is 7.09. The summed E-state index contributed by atoms with van der Waals surface area (Å²) in [6.07, 6.45) is 4.23. The smallest absolute Gasteiger partial charge is 0.180 e. The van der Waals surface area contributed by atoms with Gasteiger partial charge in [0.05, 0.1) is 22.7 Å². The van der Waals surface area contributed by atoms with E-state index in [1.807, 2.05) is 13.8 Å². The summed E-state index contributed by atoms with van der Waals surface area (Å²) in [7, 11) is 0. The van der Waals surface area contributed by atoms with Gasteiger partial charge < -0.3 is 10.6 Å². The molecular weight excluding hydrogens is 420 g/mol. The number of aromatic nitrogens is 1. The number of aliphatic imine (C=N–C) groups is 1. The standard InChI is InChI=1S/C26H37ClN4O/c1-8-10-20(11-9-2)30-25-23-22(21(32)14-27)18(6)31(26(23)29-19(7)28-25)24-16(4)12-15(3)13-17(24)5/h12-13,19-20,29H,8-11,14H2,1-7H3,(H,28,30). The summed E-state index contributed by atoms with van der Waals surface area (Å²) >= 11 is 6.08. The molecule has 3 rings (SSSR count). The zero-order chi connectivity index (χ0) is 23.6. The van der Waals surface area contributed by atoms with Crippen molar-refractivity contribution >= 4 is 29.0 Å². The fourth-order valence-electron chi connectivity index (χ4n) is 5.05. The summed E-state index contributed by atoms with van der Waals surface area (Å²) in [5.74, 6) is 1.59. The maximum Gasteiger partial charge on any atom is 0.180 e. The third-order valence-corrected chi connectivity index (χ3v) is 6.43. The zero-order valence-electron chi connectivity index (χ0n) is 20.5. The first-order valence-corrected chi connectivity index (χ1v) is 12.3. The topological polar surface area (TPSA) is 58.4 Å². The molecule has 0 spiro atoms. The molecule has 0 fully saturated rings. The van der Waals surface area contributed by atoms with Crippen molar-refractivity contribution < 1.29 is 4.79 Å². The van der Waals surface area contributed by atoms with Gasteiger partial charge in [-0.15, -0.1) is 11.6 Å². The number of carbonyl (C=O) groups is 1. The monoisotopic (exact) mass is 456 g/mol. The third kappa shape index (κ3) is 4.59. The quantitative estimate of drug-likeness (QED) is 0.366. The molecule has 6 heteroatoms. The van der Waals surface area contributed by atoms with Crippen molar-refractivity contribution in [2.75, 3.05) is 11.2 Å². The van der Waals surface area contributed by atoms with E-state index < -0.39 is 0 Å². The van der Waals surface area contributed by atoms with Crippen LogP contribution in [0.4, 0.5) is 5.82 Å². The number of halogens is 1. The van der Waals surface area contributed by atoms with Gasteiger partial charge in [-0.3, -0.25) is 9.36 Å². The predicted octanol–water partition coefficient (Wildman–Crippen LogP) is 6.21. The molecule has 0 saturated carbocycles. The van der Waals surface area contributed by atoms with Crippen LogP contribution < -0.4 is 10.6 Å². The van der Waals surface area contributed by atoms with Crippen LogP contribution in [-0.4, -0.2) is 34.3 Å². The molecule has 0 amide bonds. The molecule has 174 valence electrons. The fourth-order valence-corrected chi connectivity index (χ4v) is 5.18. The predicted molar refractivity (Wildman–Crippen MR) is 136 cm³/mol. The van der Waals surface area contributed by atoms with Crippen molar-refractivity contribution in [2.45, 2.75) is 86.4 Å². The molecule has 0 radical (unpaired) electrons. The van der Waals surface area contributed by atoms with E-state index in [1.165, 1.54) is 16.7 Å². The highest BCUT2D eigenvalue weighted by Gasteiger charge is 2.33. The highest BCUT2D eigenvalue weighted by Crippen LogP contribution is 2.37. The van der Waals surface area contributed by atoms with E-state index in [1.54, 1.807) is 0 Å². The van der Waals surface area contributed by atoms with E-state index in [0.717, 1.165) is 54.3 Å². The van der Waals surface area contributed by atoms with Crippen LogP contribution in [-0.2, 0) is 0 Å². The molecule has 1 unspecified atom stereocenters. The number of Topliss-reactive ketones (excluding diaryl/α,β-unsaturated/α-hetero) is 1. The van der Waals surface area contributed by atoms with Gasteiger partial charge in [0.25, 0.3) is 0 Å². The molecule has 2 N–H and O–H groups in total. The van der Waals surface area contributed by atoms with Gasteiger partial charge in [0.15, 0.2) is 5.78 Å². The van der Waals surface area contributed by atoms with E-state index in [-0.39, 0.29) is 17.8 Å². The molecule has 5 nitrogen and oxygen atoms in total. The Bertz CT molecular complexity index is 1010. The second kappa shape index (κ2) is 10.1. The number of amidine groups is 1. The zero-order valence-corrected chi connectivity index (χ0v) is 21.3. The number of rotatable bonds is 8. The summed E-state index contributed by atoms with van der Waals surface area (Å²) < 4.78 is 2.20. The van der Waals surface area contributed by atoms with Gasteiger partial charge in [0, 0.05) is 11.7 Å². The molecule has 2 aromatic rings. The normalized spacial score (nSPS) is 15.4. The van der Waals surface area contributed by atoms with Crippen molar-refractivity contribution in [2.24, 2.45) is 4.99 Å². The first kappa shape index (κ1) is 24.4. The molecule has 0 aliphatic carbocycles. The molecular formula is C26H37ClN4O. The molecule has 32 heavy (non-hydrogen) atoms. The second-order valence-electron chi connectivity index (χ2n) is 9.04. The number of anilines is 1. The van der Waals surface area contributed by atoms with Crippen molar-refractivity contribution in [3.05, 3.63) is 45.6 Å². The lowest BCUT2D eigenvalue weighted by molar-refractivity contribution is 0.102. The molecule has 1 aromatic heterocycles. The van der Waals surface area contributed by atoms with Crippen molar-refractivity contribution in [3.8, 4) is 5.69 Å². The molecule has 1 atom stereocenters. The van der Waals surface area contributed by atoms with Crippen LogP contribution >= 0.6 is 11.6 Å². The van der Waals surface area contributed by atoms with Gasteiger partial charge >= 0.3 is 0 Å². The molecule has 1 aliphatic heterocycles. The van der Waals surface area contributed by atoms with E-state index >= 15 is 0 Å². The molecule has 0 saturated heterocycles. The van der Waals surface area contributed by atoms with E-state index in [2.05, 4.69) is 62.0 Å². The number of ketones is 1. The van der Waals surface area contributed by atoms with E-state index in [4.69, 9.17) is 16.6 Å². The number of benzene rings is 1. The number of aryl methyl sites for hydroxylation is 3. The van der Waals surface area contributed by atoms with Crippen LogP contribution in [0, 0.1) is 27.7 Å². The van der Waals surface area contributed by atoms with Crippen LogP contribution in [0.5, 0.6) is 0 Å². The first-order chi connectivity index (χ1) is 15.2. The Labute approximate surface area is 197 Å². The largest absolute Gasteiger partial charge is 0.367 e. The van der Waals surface area contributed by atoms with Crippen molar-refractivity contribution in [3.63, 3.8) is 0 Å². The highest BCUT2D eigenvalue weighted by molar-refractivity contribution is 6.32. The van der Waals surface area contributed by atoms with Crippen molar-refractivity contribution in [1.29, 1.82) is 0 Å². The average molecular weight is 457 g/mol. The van der Waals surface area contributed by atoms with Gasteiger partial charge in [0.2, 0.25) is 0 Å². The second-order valence-corrected chi connectivity index (χ2v) is 9.31. The Morgan fingerprint density at radius 2 is 1.75 bits per heavy atom. The number of carbonyl (C=O) groups excluding carboxylic acids is 1. The number of hydrogen-bond donors (Lipinski definition) is 2. The minimum Gasteiger partial charge on any atom is -0.367 e. The Kier molecular flexibility index (Phi) is 7.71. The summed E-state index contributed by atoms with van der Waals surface area (Å²) in [4.78, 5) is 18.0. The van der Waals surface area contributed by atoms with Gasteiger partial charge in [-0.25, -0.2) is 4.99 Å². The molecule has 0 bridgehead atoms. The Morgan fingerprint density at radius 3 is 2.28 bits per heavy atom. The Morgan fingerprint density at radius 1 is 1.16 bits per heavy atom. The van der Waals surface area contributed by atoms with Crippen LogP contribution in [0.3, 0.4) is 0 Å². The van der Waals surface area contributed by atoms with Gasteiger partial charge in [-0.05, 0) is 58.6 Å². The van der Waals surface area contributed by atoms with E-state index in [9.17, 15) is 4.79 Å².